The first-order chi connectivity index (χ1) is 9.93. The number of aromatic nitrogens is 1. The van der Waals surface area contributed by atoms with E-state index in [0.29, 0.717) is 21.8 Å². The highest BCUT2D eigenvalue weighted by molar-refractivity contribution is 6.31. The molecule has 1 aromatic heterocycles. The van der Waals surface area contributed by atoms with E-state index in [9.17, 15) is 9.59 Å². The molecule has 1 N–H and O–H groups in total. The lowest BCUT2D eigenvalue weighted by molar-refractivity contribution is 0.0694. The van der Waals surface area contributed by atoms with Crippen molar-refractivity contribution in [2.45, 2.75) is 13.5 Å². The summed E-state index contributed by atoms with van der Waals surface area (Å²) in [5.41, 5.74) is 0.828. The standard InChI is InChI=1S/C15H11ClN2O3/c1-9-2-5-12(15(20)21)14(19)18(9)8-11-4-3-10(7-17)6-13(11)16/h2-6H,8H2,1H3,(H,20,21). The summed E-state index contributed by atoms with van der Waals surface area (Å²) in [5, 5.41) is 18.2. The van der Waals surface area contributed by atoms with Gasteiger partial charge in [-0.05, 0) is 36.8 Å². The maximum Gasteiger partial charge on any atom is 0.341 e. The highest BCUT2D eigenvalue weighted by atomic mass is 35.5. The Kier molecular flexibility index (Phi) is 4.10. The van der Waals surface area contributed by atoms with Gasteiger partial charge < -0.3 is 9.67 Å². The maximum atomic E-state index is 12.2. The molecule has 0 atom stereocenters. The number of hydrogen-bond donors (Lipinski definition) is 1. The normalized spacial score (nSPS) is 10.1. The lowest BCUT2D eigenvalue weighted by atomic mass is 10.1. The van der Waals surface area contributed by atoms with Crippen molar-refractivity contribution in [1.29, 1.82) is 5.26 Å². The zero-order valence-corrected chi connectivity index (χ0v) is 11.9. The second-order valence-electron chi connectivity index (χ2n) is 4.50. The van der Waals surface area contributed by atoms with Gasteiger partial charge in [-0.25, -0.2) is 4.79 Å². The highest BCUT2D eigenvalue weighted by Gasteiger charge is 2.13. The third-order valence-corrected chi connectivity index (χ3v) is 3.49. The van der Waals surface area contributed by atoms with Crippen molar-refractivity contribution >= 4 is 17.6 Å². The molecular weight excluding hydrogens is 292 g/mol. The van der Waals surface area contributed by atoms with Crippen LogP contribution in [0, 0.1) is 18.3 Å². The Bertz CT molecular complexity index is 819. The van der Waals surface area contributed by atoms with E-state index in [4.69, 9.17) is 22.0 Å². The van der Waals surface area contributed by atoms with Gasteiger partial charge in [-0.1, -0.05) is 17.7 Å². The summed E-state index contributed by atoms with van der Waals surface area (Å²) in [4.78, 5) is 23.2. The number of halogens is 1. The largest absolute Gasteiger partial charge is 0.477 e. The summed E-state index contributed by atoms with van der Waals surface area (Å²) in [7, 11) is 0. The van der Waals surface area contributed by atoms with E-state index in [1.165, 1.54) is 16.7 Å². The molecule has 0 unspecified atom stereocenters. The van der Waals surface area contributed by atoms with Crippen LogP contribution in [-0.2, 0) is 6.54 Å². The van der Waals surface area contributed by atoms with Gasteiger partial charge in [0.25, 0.3) is 5.56 Å². The number of aryl methyl sites for hydroxylation is 1. The van der Waals surface area contributed by atoms with E-state index < -0.39 is 11.5 Å². The first kappa shape index (κ1) is 14.8. The van der Waals surface area contributed by atoms with E-state index in [-0.39, 0.29) is 12.1 Å². The lowest BCUT2D eigenvalue weighted by Crippen LogP contribution is -2.28. The van der Waals surface area contributed by atoms with Crippen LogP contribution < -0.4 is 5.56 Å². The van der Waals surface area contributed by atoms with Gasteiger partial charge in [0.15, 0.2) is 0 Å². The van der Waals surface area contributed by atoms with Gasteiger partial charge >= 0.3 is 5.97 Å². The Labute approximate surface area is 125 Å². The molecule has 0 amide bonds. The Balaban J connectivity index is 2.50. The zero-order chi connectivity index (χ0) is 15.6. The first-order valence-electron chi connectivity index (χ1n) is 6.06. The van der Waals surface area contributed by atoms with Crippen LogP contribution in [0.25, 0.3) is 0 Å². The molecule has 0 saturated heterocycles. The molecule has 0 fully saturated rings. The number of nitriles is 1. The zero-order valence-electron chi connectivity index (χ0n) is 11.1. The average Bonchev–Trinajstić information content (AvgIpc) is 2.44. The SMILES string of the molecule is Cc1ccc(C(=O)O)c(=O)n1Cc1ccc(C#N)cc1Cl. The smallest absolute Gasteiger partial charge is 0.341 e. The van der Waals surface area contributed by atoms with E-state index in [1.54, 1.807) is 25.1 Å². The number of hydrogen-bond acceptors (Lipinski definition) is 3. The molecule has 1 aromatic carbocycles. The van der Waals surface area contributed by atoms with E-state index >= 15 is 0 Å². The number of nitrogens with zero attached hydrogens (tertiary/aromatic N) is 2. The van der Waals surface area contributed by atoms with Crippen molar-refractivity contribution in [3.63, 3.8) is 0 Å². The fraction of sp³-hybridized carbons (Fsp3) is 0.133. The number of benzene rings is 1. The molecule has 2 aromatic rings. The van der Waals surface area contributed by atoms with Crippen LogP contribution in [-0.4, -0.2) is 15.6 Å². The Morgan fingerprint density at radius 3 is 2.67 bits per heavy atom. The summed E-state index contributed by atoms with van der Waals surface area (Å²) in [6, 6.07) is 9.60. The van der Waals surface area contributed by atoms with Crippen molar-refractivity contribution in [3.8, 4) is 6.07 Å². The van der Waals surface area contributed by atoms with Gasteiger partial charge in [-0.3, -0.25) is 4.79 Å². The minimum Gasteiger partial charge on any atom is -0.477 e. The second-order valence-corrected chi connectivity index (χ2v) is 4.91. The van der Waals surface area contributed by atoms with Crippen LogP contribution in [0.5, 0.6) is 0 Å². The fourth-order valence-electron chi connectivity index (χ4n) is 1.95. The third-order valence-electron chi connectivity index (χ3n) is 3.13. The van der Waals surface area contributed by atoms with Crippen molar-refractivity contribution in [2.24, 2.45) is 0 Å². The summed E-state index contributed by atoms with van der Waals surface area (Å²) in [6.07, 6.45) is 0. The topological polar surface area (TPSA) is 83.1 Å². The van der Waals surface area contributed by atoms with Gasteiger partial charge in [-0.2, -0.15) is 5.26 Å². The molecule has 6 heteroatoms. The number of pyridine rings is 1. The lowest BCUT2D eigenvalue weighted by Gasteiger charge is -2.12. The molecule has 5 nitrogen and oxygen atoms in total. The minimum atomic E-state index is -1.26. The maximum absolute atomic E-state index is 12.2. The molecule has 0 spiro atoms. The summed E-state index contributed by atoms with van der Waals surface area (Å²) in [6.45, 7) is 1.86. The molecule has 1 heterocycles. The molecule has 106 valence electrons. The van der Waals surface area contributed by atoms with Crippen molar-refractivity contribution in [1.82, 2.24) is 4.57 Å². The van der Waals surface area contributed by atoms with Crippen LogP contribution in [0.15, 0.2) is 35.1 Å². The summed E-state index contributed by atoms with van der Waals surface area (Å²) >= 11 is 6.08. The highest BCUT2D eigenvalue weighted by Crippen LogP contribution is 2.19. The molecule has 0 radical (unpaired) electrons. The van der Waals surface area contributed by atoms with Gasteiger partial charge in [0.2, 0.25) is 0 Å². The molecule has 0 aliphatic rings. The average molecular weight is 303 g/mol. The number of carboxylic acids is 1. The predicted octanol–water partition coefficient (Wildman–Crippen LogP) is 2.43. The van der Waals surface area contributed by atoms with Gasteiger partial charge in [0, 0.05) is 10.7 Å². The van der Waals surface area contributed by atoms with E-state index in [1.807, 2.05) is 6.07 Å². The minimum absolute atomic E-state index is 0.149. The number of carbonyl (C=O) groups is 1. The van der Waals surface area contributed by atoms with Crippen LogP contribution in [0.3, 0.4) is 0 Å². The van der Waals surface area contributed by atoms with Crippen LogP contribution in [0.1, 0.15) is 27.2 Å². The van der Waals surface area contributed by atoms with Crippen LogP contribution in [0.2, 0.25) is 5.02 Å². The molecule has 0 saturated carbocycles. The molecule has 21 heavy (non-hydrogen) atoms. The first-order valence-corrected chi connectivity index (χ1v) is 6.44. The van der Waals surface area contributed by atoms with Crippen molar-refractivity contribution in [3.05, 3.63) is 68.1 Å². The second kappa shape index (κ2) is 5.81. The number of carboxylic acid groups (broad SMARTS) is 1. The van der Waals surface area contributed by atoms with E-state index in [2.05, 4.69) is 0 Å². The molecular formula is C15H11ClN2O3. The van der Waals surface area contributed by atoms with Crippen molar-refractivity contribution in [2.75, 3.05) is 0 Å². The van der Waals surface area contributed by atoms with Gasteiger partial charge in [-0.15, -0.1) is 0 Å². The van der Waals surface area contributed by atoms with Crippen molar-refractivity contribution < 1.29 is 9.90 Å². The number of aromatic carboxylic acids is 1. The van der Waals surface area contributed by atoms with Crippen LogP contribution >= 0.6 is 11.6 Å². The Hall–Kier alpha value is -2.58. The molecule has 0 aliphatic carbocycles. The molecule has 0 aliphatic heterocycles. The summed E-state index contributed by atoms with van der Waals surface area (Å²) < 4.78 is 1.34. The predicted molar refractivity (Wildman–Crippen MR) is 77.7 cm³/mol. The van der Waals surface area contributed by atoms with Gasteiger partial charge in [0.05, 0.1) is 18.2 Å². The third kappa shape index (κ3) is 2.96. The molecule has 0 bridgehead atoms. The number of rotatable bonds is 3. The Morgan fingerprint density at radius 1 is 1.38 bits per heavy atom. The van der Waals surface area contributed by atoms with E-state index in [0.717, 1.165) is 0 Å². The molecule has 2 rings (SSSR count). The fourth-order valence-corrected chi connectivity index (χ4v) is 2.19. The monoisotopic (exact) mass is 302 g/mol. The van der Waals surface area contributed by atoms with Crippen LogP contribution in [0.4, 0.5) is 0 Å². The quantitative estimate of drug-likeness (QED) is 0.944. The summed E-state index contributed by atoms with van der Waals surface area (Å²) in [5.74, 6) is -1.26. The van der Waals surface area contributed by atoms with Gasteiger partial charge in [0.1, 0.15) is 5.56 Å². The Morgan fingerprint density at radius 2 is 2.10 bits per heavy atom.